The lowest BCUT2D eigenvalue weighted by molar-refractivity contribution is 0.690. The number of allylic oxidation sites excluding steroid dienone is 1. The van der Waals surface area contributed by atoms with Crippen LogP contribution in [-0.2, 0) is 18.7 Å². The summed E-state index contributed by atoms with van der Waals surface area (Å²) >= 11 is 7.66. The van der Waals surface area contributed by atoms with E-state index in [0.717, 1.165) is 33.7 Å². The van der Waals surface area contributed by atoms with E-state index in [1.165, 1.54) is 11.1 Å². The molecular formula is C20H20ClN3S. The zero-order valence-electron chi connectivity index (χ0n) is 14.2. The molecule has 0 radical (unpaired) electrons. The van der Waals surface area contributed by atoms with Crippen molar-refractivity contribution in [3.05, 3.63) is 88.7 Å². The van der Waals surface area contributed by atoms with Gasteiger partial charge in [-0.1, -0.05) is 71.4 Å². The molecule has 2 aromatic carbocycles. The molecule has 0 N–H and O–H groups in total. The molecule has 3 rings (SSSR count). The maximum absolute atomic E-state index is 5.96. The topological polar surface area (TPSA) is 30.7 Å². The maximum atomic E-state index is 5.96. The Morgan fingerprint density at radius 1 is 1.12 bits per heavy atom. The maximum Gasteiger partial charge on any atom is 0.191 e. The minimum Gasteiger partial charge on any atom is -0.302 e. The van der Waals surface area contributed by atoms with Crippen LogP contribution in [0, 0.1) is 6.92 Å². The number of hydrogen-bond donors (Lipinski definition) is 0. The highest BCUT2D eigenvalue weighted by Crippen LogP contribution is 2.23. The van der Waals surface area contributed by atoms with Gasteiger partial charge in [0.15, 0.2) is 5.16 Å². The average molecular weight is 370 g/mol. The van der Waals surface area contributed by atoms with E-state index < -0.39 is 0 Å². The van der Waals surface area contributed by atoms with Gasteiger partial charge in [0.1, 0.15) is 5.82 Å². The van der Waals surface area contributed by atoms with Crippen LogP contribution in [0.2, 0.25) is 5.02 Å². The third-order valence-corrected chi connectivity index (χ3v) is 5.12. The van der Waals surface area contributed by atoms with Crippen LogP contribution in [0.5, 0.6) is 0 Å². The normalized spacial score (nSPS) is 10.8. The predicted octanol–water partition coefficient (Wildman–Crippen LogP) is 5.31. The van der Waals surface area contributed by atoms with Gasteiger partial charge in [0.05, 0.1) is 0 Å². The summed E-state index contributed by atoms with van der Waals surface area (Å²) in [7, 11) is 0. The summed E-state index contributed by atoms with van der Waals surface area (Å²) in [4.78, 5) is 0. The fourth-order valence-corrected chi connectivity index (χ4v) is 3.64. The Bertz CT molecular complexity index is 856. The second kappa shape index (κ2) is 8.37. The molecule has 3 aromatic rings. The molecule has 0 fully saturated rings. The van der Waals surface area contributed by atoms with Crippen LogP contribution in [0.25, 0.3) is 0 Å². The second-order valence-corrected chi connectivity index (χ2v) is 7.26. The van der Waals surface area contributed by atoms with Crippen molar-refractivity contribution < 1.29 is 0 Å². The van der Waals surface area contributed by atoms with E-state index in [1.54, 1.807) is 11.8 Å². The highest BCUT2D eigenvalue weighted by atomic mass is 35.5. The van der Waals surface area contributed by atoms with Crippen molar-refractivity contribution in [3.63, 3.8) is 0 Å². The lowest BCUT2D eigenvalue weighted by Crippen LogP contribution is -2.04. The van der Waals surface area contributed by atoms with Crippen LogP contribution in [0.1, 0.15) is 22.5 Å². The fraction of sp³-hybridized carbons (Fsp3) is 0.200. The second-order valence-electron chi connectivity index (χ2n) is 5.88. The number of thioether (sulfide) groups is 1. The molecule has 3 nitrogen and oxygen atoms in total. The highest BCUT2D eigenvalue weighted by Gasteiger charge is 2.12. The van der Waals surface area contributed by atoms with Gasteiger partial charge in [-0.25, -0.2) is 0 Å². The van der Waals surface area contributed by atoms with E-state index in [9.17, 15) is 0 Å². The lowest BCUT2D eigenvalue weighted by Gasteiger charge is -2.08. The Hall–Kier alpha value is -2.04. The minimum atomic E-state index is 0.700. The first-order valence-electron chi connectivity index (χ1n) is 8.11. The molecule has 0 spiro atoms. The molecule has 0 saturated carbocycles. The number of aryl methyl sites for hydroxylation is 1. The van der Waals surface area contributed by atoms with Crippen molar-refractivity contribution in [2.45, 2.75) is 30.8 Å². The summed E-state index contributed by atoms with van der Waals surface area (Å²) in [5.74, 6) is 1.81. The van der Waals surface area contributed by atoms with E-state index >= 15 is 0 Å². The molecule has 0 bridgehead atoms. The van der Waals surface area contributed by atoms with Crippen molar-refractivity contribution in [1.29, 1.82) is 0 Å². The molecule has 0 amide bonds. The Labute approximate surface area is 157 Å². The van der Waals surface area contributed by atoms with Crippen LogP contribution in [0.15, 0.2) is 66.3 Å². The van der Waals surface area contributed by atoms with Gasteiger partial charge in [0.2, 0.25) is 0 Å². The summed E-state index contributed by atoms with van der Waals surface area (Å²) in [6, 6.07) is 16.4. The molecule has 0 aliphatic heterocycles. The lowest BCUT2D eigenvalue weighted by atomic mass is 10.1. The SMILES string of the molecule is C=CCn1c(Cc2ccc(Cl)cc2)nnc1SCc1cccc(C)c1. The summed E-state index contributed by atoms with van der Waals surface area (Å²) in [5.41, 5.74) is 3.73. The number of aromatic nitrogens is 3. The van der Waals surface area contributed by atoms with Gasteiger partial charge in [0.25, 0.3) is 0 Å². The van der Waals surface area contributed by atoms with Crippen molar-refractivity contribution >= 4 is 23.4 Å². The van der Waals surface area contributed by atoms with E-state index in [1.807, 2.05) is 30.3 Å². The predicted molar refractivity (Wildman–Crippen MR) is 105 cm³/mol. The van der Waals surface area contributed by atoms with E-state index in [2.05, 4.69) is 52.5 Å². The van der Waals surface area contributed by atoms with Gasteiger partial charge in [-0.3, -0.25) is 0 Å². The molecule has 25 heavy (non-hydrogen) atoms. The number of hydrogen-bond acceptors (Lipinski definition) is 3. The van der Waals surface area contributed by atoms with Gasteiger partial charge in [-0.05, 0) is 30.2 Å². The molecule has 128 valence electrons. The monoisotopic (exact) mass is 369 g/mol. The number of halogens is 1. The van der Waals surface area contributed by atoms with Gasteiger partial charge in [-0.15, -0.1) is 16.8 Å². The first kappa shape index (κ1) is 17.8. The van der Waals surface area contributed by atoms with E-state index in [0.29, 0.717) is 6.54 Å². The molecule has 5 heteroatoms. The van der Waals surface area contributed by atoms with Crippen molar-refractivity contribution in [2.75, 3.05) is 0 Å². The van der Waals surface area contributed by atoms with Gasteiger partial charge < -0.3 is 4.57 Å². The number of benzene rings is 2. The van der Waals surface area contributed by atoms with E-state index in [-0.39, 0.29) is 0 Å². The average Bonchev–Trinajstić information content (AvgIpc) is 2.97. The summed E-state index contributed by atoms with van der Waals surface area (Å²) in [5, 5.41) is 10.4. The van der Waals surface area contributed by atoms with Crippen molar-refractivity contribution in [2.24, 2.45) is 0 Å². The molecule has 0 atom stereocenters. The molecule has 1 aromatic heterocycles. The van der Waals surface area contributed by atoms with Crippen LogP contribution in [0.4, 0.5) is 0 Å². The number of rotatable bonds is 7. The smallest absolute Gasteiger partial charge is 0.191 e. The minimum absolute atomic E-state index is 0.700. The van der Waals surface area contributed by atoms with Crippen LogP contribution in [0.3, 0.4) is 0 Å². The van der Waals surface area contributed by atoms with Gasteiger partial charge in [0, 0.05) is 23.7 Å². The van der Waals surface area contributed by atoms with Gasteiger partial charge in [-0.2, -0.15) is 0 Å². The number of nitrogens with zero attached hydrogens (tertiary/aromatic N) is 3. The first-order chi connectivity index (χ1) is 12.2. The van der Waals surface area contributed by atoms with Gasteiger partial charge >= 0.3 is 0 Å². The third-order valence-electron chi connectivity index (χ3n) is 3.83. The van der Waals surface area contributed by atoms with Crippen molar-refractivity contribution in [1.82, 2.24) is 14.8 Å². The largest absolute Gasteiger partial charge is 0.302 e. The van der Waals surface area contributed by atoms with Crippen molar-refractivity contribution in [3.8, 4) is 0 Å². The molecule has 0 saturated heterocycles. The first-order valence-corrected chi connectivity index (χ1v) is 9.48. The van der Waals surface area contributed by atoms with Crippen LogP contribution < -0.4 is 0 Å². The third kappa shape index (κ3) is 4.74. The summed E-state index contributed by atoms with van der Waals surface area (Å²) in [6.07, 6.45) is 2.61. The molecule has 0 aliphatic rings. The Kier molecular flexibility index (Phi) is 5.95. The molecule has 0 unspecified atom stereocenters. The Morgan fingerprint density at radius 2 is 1.92 bits per heavy atom. The zero-order valence-corrected chi connectivity index (χ0v) is 15.7. The van der Waals surface area contributed by atoms with Crippen LogP contribution in [-0.4, -0.2) is 14.8 Å². The summed E-state index contributed by atoms with van der Waals surface area (Å²) in [6.45, 7) is 6.67. The summed E-state index contributed by atoms with van der Waals surface area (Å²) < 4.78 is 2.13. The standard InChI is InChI=1S/C20H20ClN3S/c1-3-11-24-19(13-16-7-9-18(21)10-8-16)22-23-20(24)25-14-17-6-4-5-15(2)12-17/h3-10,12H,1,11,13-14H2,2H3. The zero-order chi connectivity index (χ0) is 17.6. The molecule has 0 aliphatic carbocycles. The molecular weight excluding hydrogens is 350 g/mol. The quantitative estimate of drug-likeness (QED) is 0.417. The fourth-order valence-electron chi connectivity index (χ4n) is 2.60. The molecule has 1 heterocycles. The Balaban J connectivity index is 1.76. The Morgan fingerprint density at radius 3 is 2.64 bits per heavy atom. The van der Waals surface area contributed by atoms with E-state index in [4.69, 9.17) is 11.6 Å². The highest BCUT2D eigenvalue weighted by molar-refractivity contribution is 7.98. The van der Waals surface area contributed by atoms with Crippen LogP contribution >= 0.6 is 23.4 Å².